The molecular weight excluding hydrogens is 292 g/mol. The van der Waals surface area contributed by atoms with Crippen molar-refractivity contribution >= 4 is 23.7 Å². The number of rotatable bonds is 7. The smallest absolute Gasteiger partial charge is 0.326 e. The molecule has 6 N–H and O–H groups in total. The molecule has 0 aromatic carbocycles. The summed E-state index contributed by atoms with van der Waals surface area (Å²) in [6.07, 6.45) is 1.08. The Bertz CT molecular complexity index is 467. The second kappa shape index (κ2) is 7.74. The Balaban J connectivity index is 2.54. The van der Waals surface area contributed by atoms with E-state index in [2.05, 4.69) is 5.32 Å². The van der Waals surface area contributed by atoms with Crippen LogP contribution in [0.4, 0.5) is 0 Å². The fourth-order valence-corrected chi connectivity index (χ4v) is 2.35. The number of amides is 3. The number of carboxylic acids is 1. The predicted octanol–water partition coefficient (Wildman–Crippen LogP) is -1.84. The Morgan fingerprint density at radius 2 is 2.00 bits per heavy atom. The second-order valence-corrected chi connectivity index (χ2v) is 5.37. The molecule has 0 aromatic heterocycles. The molecule has 0 saturated carbocycles. The third-order valence-corrected chi connectivity index (χ3v) is 3.59. The molecule has 1 rings (SSSR count). The lowest BCUT2D eigenvalue weighted by Crippen LogP contribution is -2.53. The molecule has 0 radical (unpaired) electrons. The fraction of sp³-hybridized carbons (Fsp3) is 0.692. The van der Waals surface area contributed by atoms with Gasteiger partial charge in [-0.1, -0.05) is 0 Å². The molecule has 0 aliphatic carbocycles. The van der Waals surface area contributed by atoms with E-state index in [1.54, 1.807) is 0 Å². The number of aliphatic carboxylic acids is 1. The first-order valence-electron chi connectivity index (χ1n) is 7.11. The first kappa shape index (κ1) is 17.9. The maximum absolute atomic E-state index is 12.2. The van der Waals surface area contributed by atoms with Crippen molar-refractivity contribution in [1.29, 1.82) is 0 Å². The molecule has 3 atom stereocenters. The van der Waals surface area contributed by atoms with Crippen molar-refractivity contribution in [1.82, 2.24) is 10.2 Å². The highest BCUT2D eigenvalue weighted by atomic mass is 16.4. The molecule has 1 aliphatic rings. The lowest BCUT2D eigenvalue weighted by molar-refractivity contribution is -0.149. The standard InChI is InChI=1S/C13H22N4O5/c1-7(16-11(19)8(14)4-5-10(15)18)12(20)17-6-2-3-9(17)13(21)22/h7-9H,2-6,14H2,1H3,(H2,15,18)(H,16,19)(H,21,22)/t7-,8-,9-/m0/s1. The lowest BCUT2D eigenvalue weighted by atomic mass is 10.1. The van der Waals surface area contributed by atoms with Crippen molar-refractivity contribution in [2.75, 3.05) is 6.54 Å². The molecule has 22 heavy (non-hydrogen) atoms. The largest absolute Gasteiger partial charge is 0.480 e. The number of nitrogens with zero attached hydrogens (tertiary/aromatic N) is 1. The van der Waals surface area contributed by atoms with Gasteiger partial charge in [-0.2, -0.15) is 0 Å². The second-order valence-electron chi connectivity index (χ2n) is 5.37. The minimum atomic E-state index is -1.05. The number of likely N-dealkylation sites (tertiary alicyclic amines) is 1. The van der Waals surface area contributed by atoms with Gasteiger partial charge >= 0.3 is 5.97 Å². The molecule has 0 bridgehead atoms. The molecule has 124 valence electrons. The molecule has 9 heteroatoms. The summed E-state index contributed by atoms with van der Waals surface area (Å²) in [5, 5.41) is 11.5. The van der Waals surface area contributed by atoms with Crippen LogP contribution in [0, 0.1) is 0 Å². The highest BCUT2D eigenvalue weighted by molar-refractivity contribution is 5.92. The van der Waals surface area contributed by atoms with E-state index in [9.17, 15) is 19.2 Å². The summed E-state index contributed by atoms with van der Waals surface area (Å²) < 4.78 is 0. The van der Waals surface area contributed by atoms with Crippen LogP contribution < -0.4 is 16.8 Å². The normalized spacial score (nSPS) is 20.3. The van der Waals surface area contributed by atoms with Crippen LogP contribution in [0.2, 0.25) is 0 Å². The first-order valence-corrected chi connectivity index (χ1v) is 7.11. The van der Waals surface area contributed by atoms with Crippen LogP contribution in [0.5, 0.6) is 0 Å². The van der Waals surface area contributed by atoms with Gasteiger partial charge in [0.1, 0.15) is 12.1 Å². The molecule has 0 aromatic rings. The van der Waals surface area contributed by atoms with Gasteiger partial charge in [0.2, 0.25) is 17.7 Å². The zero-order valence-electron chi connectivity index (χ0n) is 12.4. The van der Waals surface area contributed by atoms with Crippen molar-refractivity contribution in [2.45, 2.75) is 50.7 Å². The Morgan fingerprint density at radius 1 is 1.36 bits per heavy atom. The number of carbonyl (C=O) groups excluding carboxylic acids is 3. The summed E-state index contributed by atoms with van der Waals surface area (Å²) in [6.45, 7) is 1.82. The Hall–Kier alpha value is -2.16. The number of nitrogens with one attached hydrogen (secondary N) is 1. The minimum Gasteiger partial charge on any atom is -0.480 e. The van der Waals surface area contributed by atoms with Crippen LogP contribution in [-0.4, -0.2) is 58.4 Å². The minimum absolute atomic E-state index is 0.0237. The van der Waals surface area contributed by atoms with Crippen LogP contribution in [-0.2, 0) is 19.2 Å². The lowest BCUT2D eigenvalue weighted by Gasteiger charge is -2.26. The highest BCUT2D eigenvalue weighted by Gasteiger charge is 2.36. The molecule has 1 saturated heterocycles. The van der Waals surface area contributed by atoms with E-state index >= 15 is 0 Å². The van der Waals surface area contributed by atoms with E-state index in [4.69, 9.17) is 16.6 Å². The maximum Gasteiger partial charge on any atom is 0.326 e. The van der Waals surface area contributed by atoms with E-state index in [-0.39, 0.29) is 12.8 Å². The van der Waals surface area contributed by atoms with E-state index in [1.165, 1.54) is 11.8 Å². The molecule has 1 aliphatic heterocycles. The van der Waals surface area contributed by atoms with Crippen LogP contribution in [0.1, 0.15) is 32.6 Å². The molecule has 0 spiro atoms. The van der Waals surface area contributed by atoms with Gasteiger partial charge in [0.15, 0.2) is 0 Å². The van der Waals surface area contributed by atoms with Gasteiger partial charge < -0.3 is 26.8 Å². The van der Waals surface area contributed by atoms with Crippen LogP contribution >= 0.6 is 0 Å². The number of primary amides is 1. The summed E-state index contributed by atoms with van der Waals surface area (Å²) in [4.78, 5) is 47.0. The summed E-state index contributed by atoms with van der Waals surface area (Å²) in [5.41, 5.74) is 10.6. The van der Waals surface area contributed by atoms with Gasteiger partial charge in [-0.05, 0) is 26.2 Å². The van der Waals surface area contributed by atoms with Gasteiger partial charge in [-0.25, -0.2) is 4.79 Å². The zero-order valence-corrected chi connectivity index (χ0v) is 12.4. The van der Waals surface area contributed by atoms with Crippen LogP contribution in [0.3, 0.4) is 0 Å². The van der Waals surface area contributed by atoms with Crippen molar-refractivity contribution in [3.8, 4) is 0 Å². The van der Waals surface area contributed by atoms with E-state index < -0.39 is 41.8 Å². The number of carboxylic acid groups (broad SMARTS) is 1. The van der Waals surface area contributed by atoms with Crippen molar-refractivity contribution in [2.24, 2.45) is 11.5 Å². The van der Waals surface area contributed by atoms with Crippen molar-refractivity contribution < 1.29 is 24.3 Å². The SMILES string of the molecule is C[C@H](NC(=O)[C@@H](N)CCC(N)=O)C(=O)N1CCC[C@H]1C(=O)O. The molecule has 1 heterocycles. The third kappa shape index (κ3) is 4.69. The van der Waals surface area contributed by atoms with Crippen LogP contribution in [0.15, 0.2) is 0 Å². The molecular formula is C13H22N4O5. The van der Waals surface area contributed by atoms with Crippen molar-refractivity contribution in [3.05, 3.63) is 0 Å². The summed E-state index contributed by atoms with van der Waals surface area (Å²) in [5.74, 6) is -2.65. The van der Waals surface area contributed by atoms with E-state index in [0.717, 1.165) is 0 Å². The molecule has 3 amide bonds. The number of nitrogens with two attached hydrogens (primary N) is 2. The van der Waals surface area contributed by atoms with E-state index in [1.807, 2.05) is 0 Å². The Labute approximate surface area is 128 Å². The number of carbonyl (C=O) groups is 4. The predicted molar refractivity (Wildman–Crippen MR) is 76.4 cm³/mol. The monoisotopic (exact) mass is 314 g/mol. The maximum atomic E-state index is 12.2. The van der Waals surface area contributed by atoms with Crippen LogP contribution in [0.25, 0.3) is 0 Å². The molecule has 9 nitrogen and oxygen atoms in total. The first-order chi connectivity index (χ1) is 10.2. The van der Waals surface area contributed by atoms with Gasteiger partial charge in [0.05, 0.1) is 6.04 Å². The molecule has 0 unspecified atom stereocenters. The number of hydrogen-bond donors (Lipinski definition) is 4. The fourth-order valence-electron chi connectivity index (χ4n) is 2.35. The molecule has 1 fully saturated rings. The quantitative estimate of drug-likeness (QED) is 0.432. The number of hydrogen-bond acceptors (Lipinski definition) is 5. The summed E-state index contributed by atoms with van der Waals surface area (Å²) >= 11 is 0. The van der Waals surface area contributed by atoms with E-state index in [0.29, 0.717) is 19.4 Å². The highest BCUT2D eigenvalue weighted by Crippen LogP contribution is 2.18. The summed E-state index contributed by atoms with van der Waals surface area (Å²) in [6, 6.07) is -2.68. The Morgan fingerprint density at radius 3 is 2.55 bits per heavy atom. The Kier molecular flexibility index (Phi) is 6.29. The summed E-state index contributed by atoms with van der Waals surface area (Å²) in [7, 11) is 0. The van der Waals surface area contributed by atoms with Gasteiger partial charge in [0, 0.05) is 13.0 Å². The van der Waals surface area contributed by atoms with Gasteiger partial charge in [-0.3, -0.25) is 14.4 Å². The average Bonchev–Trinajstić information content (AvgIpc) is 2.92. The van der Waals surface area contributed by atoms with Gasteiger partial charge in [-0.15, -0.1) is 0 Å². The average molecular weight is 314 g/mol. The topological polar surface area (TPSA) is 156 Å². The van der Waals surface area contributed by atoms with Crippen molar-refractivity contribution in [3.63, 3.8) is 0 Å². The van der Waals surface area contributed by atoms with Gasteiger partial charge in [0.25, 0.3) is 0 Å². The third-order valence-electron chi connectivity index (χ3n) is 3.59. The zero-order chi connectivity index (χ0) is 16.9.